The summed E-state index contributed by atoms with van der Waals surface area (Å²) in [6.07, 6.45) is -4.60. The van der Waals surface area contributed by atoms with E-state index in [1.807, 2.05) is 30.3 Å². The van der Waals surface area contributed by atoms with Crippen LogP contribution in [-0.2, 0) is 4.74 Å². The maximum atomic E-state index is 11.8. The zero-order valence-electron chi connectivity index (χ0n) is 11.1. The van der Waals surface area contributed by atoms with Crippen LogP contribution < -0.4 is 10.1 Å². The summed E-state index contributed by atoms with van der Waals surface area (Å²) in [7, 11) is 0. The number of hydrogen-bond donors (Lipinski definition) is 1. The highest BCUT2D eigenvalue weighted by molar-refractivity contribution is 5.49. The Morgan fingerprint density at radius 2 is 1.62 bits per heavy atom. The number of nitrogens with one attached hydrogen (secondary N) is 1. The molecule has 0 aromatic heterocycles. The van der Waals surface area contributed by atoms with Gasteiger partial charge in [-0.3, -0.25) is 4.74 Å². The first-order chi connectivity index (χ1) is 10.0. The molecule has 2 rings (SSSR count). The number of halogens is 3. The fourth-order valence-corrected chi connectivity index (χ4v) is 1.66. The minimum Gasteiger partial charge on any atom is -0.457 e. The Labute approximate surface area is 120 Å². The van der Waals surface area contributed by atoms with Crippen LogP contribution in [0, 0.1) is 0 Å². The van der Waals surface area contributed by atoms with Crippen molar-refractivity contribution in [3.8, 4) is 11.5 Å². The lowest BCUT2D eigenvalue weighted by Gasteiger charge is -2.11. The molecule has 0 atom stereocenters. The van der Waals surface area contributed by atoms with E-state index in [1.165, 1.54) is 0 Å². The van der Waals surface area contributed by atoms with Crippen LogP contribution in [0.3, 0.4) is 0 Å². The predicted octanol–water partition coefficient (Wildman–Crippen LogP) is 4.43. The van der Waals surface area contributed by atoms with Gasteiger partial charge in [0.05, 0.1) is 6.61 Å². The number of benzene rings is 2. The minimum absolute atomic E-state index is 0.0499. The van der Waals surface area contributed by atoms with Crippen LogP contribution in [0.1, 0.15) is 0 Å². The van der Waals surface area contributed by atoms with Gasteiger partial charge in [0.15, 0.2) is 0 Å². The second kappa shape index (κ2) is 6.99. The summed E-state index contributed by atoms with van der Waals surface area (Å²) < 4.78 is 44.8. The molecule has 112 valence electrons. The summed E-state index contributed by atoms with van der Waals surface area (Å²) in [5.41, 5.74) is 0.661. The van der Waals surface area contributed by atoms with Crippen LogP contribution in [0.15, 0.2) is 54.6 Å². The van der Waals surface area contributed by atoms with Gasteiger partial charge in [0.25, 0.3) is 0 Å². The average molecular weight is 297 g/mol. The zero-order valence-corrected chi connectivity index (χ0v) is 11.1. The van der Waals surface area contributed by atoms with Gasteiger partial charge in [-0.15, -0.1) is 13.2 Å². The second-order valence-corrected chi connectivity index (χ2v) is 4.16. The molecule has 0 spiro atoms. The van der Waals surface area contributed by atoms with Crippen molar-refractivity contribution in [1.82, 2.24) is 0 Å². The molecule has 0 heterocycles. The minimum atomic E-state index is -4.60. The van der Waals surface area contributed by atoms with Crippen LogP contribution in [0.2, 0.25) is 0 Å². The molecule has 0 saturated carbocycles. The highest BCUT2D eigenvalue weighted by Gasteiger charge is 2.28. The van der Waals surface area contributed by atoms with Gasteiger partial charge >= 0.3 is 6.36 Å². The van der Waals surface area contributed by atoms with E-state index < -0.39 is 13.0 Å². The van der Waals surface area contributed by atoms with E-state index in [2.05, 4.69) is 10.1 Å². The molecule has 2 aromatic carbocycles. The van der Waals surface area contributed by atoms with Gasteiger partial charge in [-0.2, -0.15) is 0 Å². The summed E-state index contributed by atoms with van der Waals surface area (Å²) in [4.78, 5) is 0. The fourth-order valence-electron chi connectivity index (χ4n) is 1.66. The molecule has 2 aromatic rings. The lowest BCUT2D eigenvalue weighted by Crippen LogP contribution is -2.19. The molecular formula is C15H14F3NO2. The van der Waals surface area contributed by atoms with Crippen LogP contribution in [-0.4, -0.2) is 19.5 Å². The topological polar surface area (TPSA) is 30.5 Å². The Hall–Kier alpha value is -2.21. The van der Waals surface area contributed by atoms with Crippen molar-refractivity contribution < 1.29 is 22.6 Å². The molecule has 0 fully saturated rings. The molecule has 0 amide bonds. The highest BCUT2D eigenvalue weighted by Crippen LogP contribution is 2.23. The normalized spacial score (nSPS) is 11.2. The van der Waals surface area contributed by atoms with Gasteiger partial charge in [-0.1, -0.05) is 24.3 Å². The quantitative estimate of drug-likeness (QED) is 0.800. The molecule has 6 heteroatoms. The zero-order chi connectivity index (χ0) is 15.1. The molecule has 0 unspecified atom stereocenters. The Balaban J connectivity index is 1.86. The van der Waals surface area contributed by atoms with E-state index in [0.29, 0.717) is 17.2 Å². The molecular weight excluding hydrogens is 283 g/mol. The molecule has 0 aliphatic rings. The number of alkyl halides is 3. The molecule has 0 bridgehead atoms. The van der Waals surface area contributed by atoms with Crippen molar-refractivity contribution >= 4 is 5.69 Å². The summed E-state index contributed by atoms with van der Waals surface area (Å²) in [5, 5.41) is 2.84. The number of anilines is 1. The van der Waals surface area contributed by atoms with E-state index in [4.69, 9.17) is 4.74 Å². The van der Waals surface area contributed by atoms with Crippen molar-refractivity contribution in [3.63, 3.8) is 0 Å². The maximum absolute atomic E-state index is 11.8. The summed E-state index contributed by atoms with van der Waals surface area (Å²) in [6.45, 7) is -0.401. The van der Waals surface area contributed by atoms with Crippen LogP contribution >= 0.6 is 0 Å². The van der Waals surface area contributed by atoms with Gasteiger partial charge in [0, 0.05) is 18.3 Å². The number of ether oxygens (including phenoxy) is 2. The lowest BCUT2D eigenvalue weighted by atomic mass is 10.3. The van der Waals surface area contributed by atoms with Crippen LogP contribution in [0.25, 0.3) is 0 Å². The molecule has 0 aliphatic carbocycles. The molecule has 0 aliphatic heterocycles. The molecule has 21 heavy (non-hydrogen) atoms. The third kappa shape index (κ3) is 5.74. The van der Waals surface area contributed by atoms with Crippen molar-refractivity contribution in [2.45, 2.75) is 6.36 Å². The van der Waals surface area contributed by atoms with E-state index in [1.54, 1.807) is 24.3 Å². The first kappa shape index (κ1) is 15.2. The Kier molecular flexibility index (Phi) is 5.05. The monoisotopic (exact) mass is 297 g/mol. The highest BCUT2D eigenvalue weighted by atomic mass is 19.4. The fraction of sp³-hybridized carbons (Fsp3) is 0.200. The predicted molar refractivity (Wildman–Crippen MR) is 73.5 cm³/mol. The van der Waals surface area contributed by atoms with Crippen molar-refractivity contribution in [1.29, 1.82) is 0 Å². The van der Waals surface area contributed by atoms with Gasteiger partial charge in [-0.05, 0) is 24.3 Å². The Morgan fingerprint density at radius 3 is 2.33 bits per heavy atom. The molecule has 0 radical (unpaired) electrons. The van der Waals surface area contributed by atoms with Gasteiger partial charge in [0.1, 0.15) is 11.5 Å². The molecule has 1 N–H and O–H groups in total. The van der Waals surface area contributed by atoms with Gasteiger partial charge in [0.2, 0.25) is 0 Å². The third-order valence-corrected chi connectivity index (χ3v) is 2.51. The number of hydrogen-bond acceptors (Lipinski definition) is 3. The van der Waals surface area contributed by atoms with Gasteiger partial charge in [-0.25, -0.2) is 0 Å². The second-order valence-electron chi connectivity index (χ2n) is 4.16. The summed E-state index contributed by atoms with van der Waals surface area (Å²) in [6, 6.07) is 16.2. The summed E-state index contributed by atoms with van der Waals surface area (Å²) >= 11 is 0. The van der Waals surface area contributed by atoms with E-state index in [9.17, 15) is 13.2 Å². The Bertz CT molecular complexity index is 558. The van der Waals surface area contributed by atoms with E-state index in [0.717, 1.165) is 0 Å². The van der Waals surface area contributed by atoms with Crippen LogP contribution in [0.5, 0.6) is 11.5 Å². The van der Waals surface area contributed by atoms with Gasteiger partial charge < -0.3 is 10.1 Å². The van der Waals surface area contributed by atoms with E-state index in [-0.39, 0.29) is 6.54 Å². The summed E-state index contributed by atoms with van der Waals surface area (Å²) in [5.74, 6) is 1.29. The number of rotatable bonds is 6. The largest absolute Gasteiger partial charge is 0.522 e. The van der Waals surface area contributed by atoms with Crippen molar-refractivity contribution in [2.75, 3.05) is 18.5 Å². The first-order valence-electron chi connectivity index (χ1n) is 6.30. The smallest absolute Gasteiger partial charge is 0.457 e. The maximum Gasteiger partial charge on any atom is 0.522 e. The SMILES string of the molecule is FC(F)(F)OCCNc1cccc(Oc2ccccc2)c1. The van der Waals surface area contributed by atoms with Crippen molar-refractivity contribution in [2.24, 2.45) is 0 Å². The average Bonchev–Trinajstić information content (AvgIpc) is 2.44. The first-order valence-corrected chi connectivity index (χ1v) is 6.30. The molecule has 3 nitrogen and oxygen atoms in total. The number of para-hydroxylation sites is 1. The molecule has 0 saturated heterocycles. The van der Waals surface area contributed by atoms with Crippen molar-refractivity contribution in [3.05, 3.63) is 54.6 Å². The third-order valence-electron chi connectivity index (χ3n) is 2.51. The lowest BCUT2D eigenvalue weighted by molar-refractivity contribution is -0.322. The standard InChI is InChI=1S/C15H14F3NO2/c16-15(17,18)20-10-9-19-12-5-4-8-14(11-12)21-13-6-2-1-3-7-13/h1-8,11,19H,9-10H2. The Morgan fingerprint density at radius 1 is 0.905 bits per heavy atom. The van der Waals surface area contributed by atoms with Crippen LogP contribution in [0.4, 0.5) is 18.9 Å². The van der Waals surface area contributed by atoms with E-state index >= 15 is 0 Å².